The van der Waals surface area contributed by atoms with E-state index in [4.69, 9.17) is 0 Å². The predicted octanol–water partition coefficient (Wildman–Crippen LogP) is 1.66. The van der Waals surface area contributed by atoms with E-state index in [1.54, 1.807) is 6.07 Å². The molecule has 2 saturated heterocycles. The number of piperidine rings is 1. The summed E-state index contributed by atoms with van der Waals surface area (Å²) in [6.45, 7) is 2.24. The van der Waals surface area contributed by atoms with E-state index in [-0.39, 0.29) is 36.0 Å². The van der Waals surface area contributed by atoms with Crippen LogP contribution in [0.4, 0.5) is 4.39 Å². The maximum absolute atomic E-state index is 13.3. The summed E-state index contributed by atoms with van der Waals surface area (Å²) in [7, 11) is -3.50. The number of nitrogens with zero attached hydrogens (tertiary/aromatic N) is 1. The molecule has 2 aliphatic rings. The molecule has 2 unspecified atom stereocenters. The van der Waals surface area contributed by atoms with Gasteiger partial charge in [0.05, 0.1) is 11.8 Å². The second-order valence-electron chi connectivity index (χ2n) is 7.15. The predicted molar refractivity (Wildman–Crippen MR) is 105 cm³/mol. The van der Waals surface area contributed by atoms with Crippen LogP contribution in [0, 0.1) is 11.7 Å². The molecule has 9 heteroatoms. The van der Waals surface area contributed by atoms with Gasteiger partial charge in [0, 0.05) is 19.6 Å². The molecule has 0 aliphatic carbocycles. The van der Waals surface area contributed by atoms with Gasteiger partial charge in [-0.3, -0.25) is 4.79 Å². The molecule has 2 N–H and O–H groups in total. The van der Waals surface area contributed by atoms with Crippen LogP contribution in [0.25, 0.3) is 0 Å². The van der Waals surface area contributed by atoms with E-state index in [9.17, 15) is 17.6 Å². The summed E-state index contributed by atoms with van der Waals surface area (Å²) in [5.41, 5.74) is 0.452. The SMILES string of the molecule is Cl.O=C(NCC1CCCN(S(=O)(=O)Cc2cccc(F)c2)C1)C1CCCN1. The van der Waals surface area contributed by atoms with Crippen molar-refractivity contribution >= 4 is 28.3 Å². The van der Waals surface area contributed by atoms with E-state index in [1.807, 2.05) is 0 Å². The van der Waals surface area contributed by atoms with Gasteiger partial charge >= 0.3 is 0 Å². The Balaban J connectivity index is 0.00000261. The lowest BCUT2D eigenvalue weighted by Crippen LogP contribution is -2.46. The number of nitrogens with one attached hydrogen (secondary N) is 2. The number of hydrogen-bond acceptors (Lipinski definition) is 4. The Morgan fingerprint density at radius 2 is 2.11 bits per heavy atom. The minimum Gasteiger partial charge on any atom is -0.354 e. The Kier molecular flexibility index (Phi) is 8.03. The number of rotatable bonds is 6. The summed E-state index contributed by atoms with van der Waals surface area (Å²) < 4.78 is 40.1. The quantitative estimate of drug-likeness (QED) is 0.735. The van der Waals surface area contributed by atoms with Gasteiger partial charge in [-0.2, -0.15) is 0 Å². The molecule has 1 aromatic rings. The fourth-order valence-corrected chi connectivity index (χ4v) is 5.28. The Labute approximate surface area is 166 Å². The molecule has 0 spiro atoms. The lowest BCUT2D eigenvalue weighted by atomic mass is 9.99. The fraction of sp³-hybridized carbons (Fsp3) is 0.611. The van der Waals surface area contributed by atoms with E-state index in [0.717, 1.165) is 32.2 Å². The third kappa shape index (κ3) is 6.14. The zero-order valence-electron chi connectivity index (χ0n) is 15.2. The van der Waals surface area contributed by atoms with Crippen LogP contribution in [0.15, 0.2) is 24.3 Å². The van der Waals surface area contributed by atoms with Crippen molar-refractivity contribution < 1.29 is 17.6 Å². The summed E-state index contributed by atoms with van der Waals surface area (Å²) in [5.74, 6) is -0.522. The summed E-state index contributed by atoms with van der Waals surface area (Å²) in [4.78, 5) is 12.1. The Morgan fingerprint density at radius 3 is 2.81 bits per heavy atom. The topological polar surface area (TPSA) is 78.5 Å². The number of carbonyl (C=O) groups is 1. The molecule has 2 atom stereocenters. The van der Waals surface area contributed by atoms with Crippen molar-refractivity contribution in [1.29, 1.82) is 0 Å². The highest BCUT2D eigenvalue weighted by Crippen LogP contribution is 2.21. The maximum Gasteiger partial charge on any atom is 0.237 e. The van der Waals surface area contributed by atoms with Crippen LogP contribution >= 0.6 is 12.4 Å². The average molecular weight is 420 g/mol. The number of benzene rings is 1. The molecule has 2 heterocycles. The van der Waals surface area contributed by atoms with Crippen molar-refractivity contribution in [2.24, 2.45) is 5.92 Å². The van der Waals surface area contributed by atoms with E-state index in [2.05, 4.69) is 10.6 Å². The van der Waals surface area contributed by atoms with Gasteiger partial charge in [0.1, 0.15) is 5.82 Å². The molecule has 0 saturated carbocycles. The van der Waals surface area contributed by atoms with Crippen LogP contribution in [0.2, 0.25) is 0 Å². The first-order valence-corrected chi connectivity index (χ1v) is 10.8. The van der Waals surface area contributed by atoms with E-state index >= 15 is 0 Å². The van der Waals surface area contributed by atoms with Crippen LogP contribution in [0.5, 0.6) is 0 Å². The van der Waals surface area contributed by atoms with Crippen molar-refractivity contribution in [3.63, 3.8) is 0 Å². The molecule has 2 fully saturated rings. The van der Waals surface area contributed by atoms with Crippen LogP contribution in [-0.2, 0) is 20.6 Å². The van der Waals surface area contributed by atoms with E-state index < -0.39 is 15.8 Å². The molecule has 0 bridgehead atoms. The Hall–Kier alpha value is -1.22. The molecule has 0 aromatic heterocycles. The van der Waals surface area contributed by atoms with Crippen molar-refractivity contribution in [1.82, 2.24) is 14.9 Å². The number of amides is 1. The van der Waals surface area contributed by atoms with Gasteiger partial charge in [-0.15, -0.1) is 12.4 Å². The number of halogens is 2. The highest BCUT2D eigenvalue weighted by molar-refractivity contribution is 7.88. The molecule has 152 valence electrons. The molecule has 3 rings (SSSR count). The first-order chi connectivity index (χ1) is 12.4. The smallest absolute Gasteiger partial charge is 0.237 e. The van der Waals surface area contributed by atoms with Crippen molar-refractivity contribution in [2.45, 2.75) is 37.5 Å². The summed E-state index contributed by atoms with van der Waals surface area (Å²) in [6.07, 6.45) is 3.52. The number of hydrogen-bond donors (Lipinski definition) is 2. The molecule has 2 aliphatic heterocycles. The largest absolute Gasteiger partial charge is 0.354 e. The zero-order chi connectivity index (χ0) is 18.6. The van der Waals surface area contributed by atoms with Crippen molar-refractivity contribution in [3.8, 4) is 0 Å². The fourth-order valence-electron chi connectivity index (χ4n) is 3.65. The van der Waals surface area contributed by atoms with Crippen molar-refractivity contribution in [2.75, 3.05) is 26.2 Å². The molecule has 0 radical (unpaired) electrons. The van der Waals surface area contributed by atoms with E-state index in [1.165, 1.54) is 22.5 Å². The highest BCUT2D eigenvalue weighted by atomic mass is 35.5. The van der Waals surface area contributed by atoms with E-state index in [0.29, 0.717) is 25.2 Å². The molecule has 6 nitrogen and oxygen atoms in total. The summed E-state index contributed by atoms with van der Waals surface area (Å²) in [6, 6.07) is 5.58. The number of sulfonamides is 1. The molecule has 1 aromatic carbocycles. The first-order valence-electron chi connectivity index (χ1n) is 9.17. The molecular weight excluding hydrogens is 393 g/mol. The Bertz CT molecular complexity index is 741. The van der Waals surface area contributed by atoms with Crippen LogP contribution < -0.4 is 10.6 Å². The standard InChI is InChI=1S/C18H26FN3O3S.ClH/c19-16-6-1-4-14(10-16)13-26(24,25)22-9-3-5-15(12-22)11-21-18(23)17-7-2-8-20-17;/h1,4,6,10,15,17,20H,2-3,5,7-9,11-13H2,(H,21,23);1H. The zero-order valence-corrected chi connectivity index (χ0v) is 16.8. The average Bonchev–Trinajstić information content (AvgIpc) is 3.14. The Morgan fingerprint density at radius 1 is 1.30 bits per heavy atom. The molecule has 1 amide bonds. The van der Waals surface area contributed by atoms with Crippen LogP contribution in [0.3, 0.4) is 0 Å². The molecular formula is C18H27ClFN3O3S. The normalized spacial score (nSPS) is 23.6. The maximum atomic E-state index is 13.3. The second kappa shape index (κ2) is 9.82. The minimum atomic E-state index is -3.50. The van der Waals surface area contributed by atoms with Gasteiger partial charge in [0.2, 0.25) is 15.9 Å². The van der Waals surface area contributed by atoms with Gasteiger partial charge in [-0.1, -0.05) is 12.1 Å². The number of carbonyl (C=O) groups excluding carboxylic acids is 1. The summed E-state index contributed by atoms with van der Waals surface area (Å²) in [5, 5.41) is 6.11. The lowest BCUT2D eigenvalue weighted by molar-refractivity contribution is -0.123. The van der Waals surface area contributed by atoms with Crippen molar-refractivity contribution in [3.05, 3.63) is 35.6 Å². The van der Waals surface area contributed by atoms with Gasteiger partial charge in [0.15, 0.2) is 0 Å². The minimum absolute atomic E-state index is 0. The van der Waals surface area contributed by atoms with Gasteiger partial charge in [0.25, 0.3) is 0 Å². The van der Waals surface area contributed by atoms with Gasteiger partial charge in [-0.25, -0.2) is 17.1 Å². The lowest BCUT2D eigenvalue weighted by Gasteiger charge is -2.32. The third-order valence-electron chi connectivity index (χ3n) is 5.05. The first kappa shape index (κ1) is 22.1. The third-order valence-corrected chi connectivity index (χ3v) is 6.87. The van der Waals surface area contributed by atoms with Crippen LogP contribution in [0.1, 0.15) is 31.2 Å². The van der Waals surface area contributed by atoms with Gasteiger partial charge < -0.3 is 10.6 Å². The van der Waals surface area contributed by atoms with Gasteiger partial charge in [-0.05, 0) is 55.8 Å². The highest BCUT2D eigenvalue weighted by Gasteiger charge is 2.30. The monoisotopic (exact) mass is 419 g/mol. The summed E-state index contributed by atoms with van der Waals surface area (Å²) >= 11 is 0. The van der Waals surface area contributed by atoms with Crippen LogP contribution in [-0.4, -0.2) is 50.9 Å². The second-order valence-corrected chi connectivity index (χ2v) is 9.12. The molecule has 27 heavy (non-hydrogen) atoms.